The van der Waals surface area contributed by atoms with Crippen LogP contribution >= 0.6 is 11.3 Å². The van der Waals surface area contributed by atoms with E-state index in [9.17, 15) is 4.79 Å². The van der Waals surface area contributed by atoms with Gasteiger partial charge in [0.15, 0.2) is 0 Å². The summed E-state index contributed by atoms with van der Waals surface area (Å²) in [5.74, 6) is 0.118. The summed E-state index contributed by atoms with van der Waals surface area (Å²) in [5.41, 5.74) is 4.43. The monoisotopic (exact) mass is 406 g/mol. The van der Waals surface area contributed by atoms with Crippen LogP contribution < -0.4 is 0 Å². The number of hydrogen-bond donors (Lipinski definition) is 0. The van der Waals surface area contributed by atoms with Crippen molar-refractivity contribution in [3.8, 4) is 10.6 Å². The highest BCUT2D eigenvalue weighted by molar-refractivity contribution is 7.17. The van der Waals surface area contributed by atoms with E-state index in [1.165, 1.54) is 22.5 Å². The quantitative estimate of drug-likeness (QED) is 0.646. The Kier molecular flexibility index (Phi) is 6.02. The van der Waals surface area contributed by atoms with Crippen LogP contribution in [0.3, 0.4) is 0 Å². The fraction of sp³-hybridized carbons (Fsp3) is 0.348. The molecular weight excluding hydrogens is 380 g/mol. The first-order valence-corrected chi connectivity index (χ1v) is 10.9. The fourth-order valence-electron chi connectivity index (χ4n) is 3.57. The molecule has 0 unspecified atom stereocenters. The van der Waals surface area contributed by atoms with Gasteiger partial charge in [0.25, 0.3) is 5.91 Å². The summed E-state index contributed by atoms with van der Waals surface area (Å²) in [5, 5.41) is 0.918. The highest BCUT2D eigenvalue weighted by Crippen LogP contribution is 2.29. The molecule has 0 saturated carbocycles. The molecule has 29 heavy (non-hydrogen) atoms. The summed E-state index contributed by atoms with van der Waals surface area (Å²) in [6.07, 6.45) is 4.70. The number of piperazine rings is 1. The van der Waals surface area contributed by atoms with E-state index in [-0.39, 0.29) is 5.91 Å². The van der Waals surface area contributed by atoms with Gasteiger partial charge < -0.3 is 4.90 Å². The fourth-order valence-corrected chi connectivity index (χ4v) is 4.61. The molecule has 5 nitrogen and oxygen atoms in total. The van der Waals surface area contributed by atoms with Gasteiger partial charge in [-0.05, 0) is 38.0 Å². The van der Waals surface area contributed by atoms with Gasteiger partial charge in [-0.25, -0.2) is 4.98 Å². The van der Waals surface area contributed by atoms with Gasteiger partial charge in [-0.15, -0.1) is 11.3 Å². The molecule has 3 aromatic rings. The predicted octanol–water partition coefficient (Wildman–Crippen LogP) is 3.82. The molecule has 1 aromatic carbocycles. The van der Waals surface area contributed by atoms with Crippen molar-refractivity contribution in [2.24, 2.45) is 0 Å². The van der Waals surface area contributed by atoms with Crippen LogP contribution in [0.15, 0.2) is 48.8 Å². The molecule has 0 aliphatic carbocycles. The summed E-state index contributed by atoms with van der Waals surface area (Å²) in [6, 6.07) is 12.4. The lowest BCUT2D eigenvalue weighted by molar-refractivity contribution is 0.0642. The van der Waals surface area contributed by atoms with Crippen LogP contribution in [0.1, 0.15) is 26.5 Å². The van der Waals surface area contributed by atoms with Crippen molar-refractivity contribution in [3.63, 3.8) is 0 Å². The number of pyridine rings is 1. The zero-order valence-corrected chi connectivity index (χ0v) is 17.8. The zero-order valence-electron chi connectivity index (χ0n) is 17.0. The molecule has 1 aliphatic heterocycles. The van der Waals surface area contributed by atoms with E-state index in [0.29, 0.717) is 0 Å². The van der Waals surface area contributed by atoms with Crippen LogP contribution in [0.4, 0.5) is 0 Å². The number of carbonyl (C=O) groups is 1. The smallest absolute Gasteiger partial charge is 0.265 e. The minimum absolute atomic E-state index is 0.118. The van der Waals surface area contributed by atoms with Crippen LogP contribution in [-0.2, 0) is 6.42 Å². The largest absolute Gasteiger partial charge is 0.335 e. The molecule has 4 rings (SSSR count). The average molecular weight is 407 g/mol. The molecular formula is C23H26N4OS. The third-order valence-electron chi connectivity index (χ3n) is 5.41. The third-order valence-corrected chi connectivity index (χ3v) is 6.61. The van der Waals surface area contributed by atoms with Gasteiger partial charge in [0.2, 0.25) is 0 Å². The van der Waals surface area contributed by atoms with Gasteiger partial charge in [-0.1, -0.05) is 29.8 Å². The second-order valence-corrected chi connectivity index (χ2v) is 8.54. The van der Waals surface area contributed by atoms with Crippen LogP contribution in [0.25, 0.3) is 10.6 Å². The van der Waals surface area contributed by atoms with Gasteiger partial charge in [-0.3, -0.25) is 14.7 Å². The third kappa shape index (κ3) is 4.71. The number of thiazole rings is 1. The molecule has 1 fully saturated rings. The number of aryl methyl sites for hydroxylation is 2. The van der Waals surface area contributed by atoms with E-state index < -0.39 is 0 Å². The molecule has 3 heterocycles. The number of rotatable bonds is 5. The number of nitrogens with zero attached hydrogens (tertiary/aromatic N) is 4. The van der Waals surface area contributed by atoms with E-state index in [1.54, 1.807) is 0 Å². The Bertz CT molecular complexity index is 960. The summed E-state index contributed by atoms with van der Waals surface area (Å²) >= 11 is 1.51. The number of aromatic nitrogens is 2. The van der Waals surface area contributed by atoms with Gasteiger partial charge >= 0.3 is 0 Å². The van der Waals surface area contributed by atoms with Crippen molar-refractivity contribution in [3.05, 3.63) is 70.5 Å². The minimum atomic E-state index is 0.118. The summed E-state index contributed by atoms with van der Waals surface area (Å²) < 4.78 is 0. The molecule has 1 aliphatic rings. The molecule has 0 bridgehead atoms. The molecule has 150 valence electrons. The van der Waals surface area contributed by atoms with Crippen LogP contribution in [-0.4, -0.2) is 58.4 Å². The van der Waals surface area contributed by atoms with Gasteiger partial charge in [0, 0.05) is 50.7 Å². The number of carbonyl (C=O) groups excluding carboxylic acids is 1. The average Bonchev–Trinajstić information content (AvgIpc) is 3.15. The number of benzene rings is 1. The Morgan fingerprint density at radius 1 is 1.00 bits per heavy atom. The van der Waals surface area contributed by atoms with Crippen LogP contribution in [0.2, 0.25) is 0 Å². The summed E-state index contributed by atoms with van der Waals surface area (Å²) in [4.78, 5) is 27.0. The number of hydrogen-bond acceptors (Lipinski definition) is 5. The normalized spacial score (nSPS) is 14.9. The lowest BCUT2D eigenvalue weighted by Crippen LogP contribution is -2.49. The Hall–Kier alpha value is -2.57. The maximum atomic E-state index is 13.1. The minimum Gasteiger partial charge on any atom is -0.335 e. The van der Waals surface area contributed by atoms with E-state index >= 15 is 0 Å². The Morgan fingerprint density at radius 2 is 1.69 bits per heavy atom. The predicted molar refractivity (Wildman–Crippen MR) is 117 cm³/mol. The SMILES string of the molecule is Cc1ccc(-c2nc(C)c(C(=O)N3CCN(CCc4ccncc4)CC3)s2)cc1. The lowest BCUT2D eigenvalue weighted by Gasteiger charge is -2.34. The summed E-state index contributed by atoms with van der Waals surface area (Å²) in [6.45, 7) is 8.40. The molecule has 1 saturated heterocycles. The molecule has 0 atom stereocenters. The first-order chi connectivity index (χ1) is 14.1. The molecule has 0 N–H and O–H groups in total. The van der Waals surface area contributed by atoms with Crippen LogP contribution in [0, 0.1) is 13.8 Å². The second kappa shape index (κ2) is 8.84. The lowest BCUT2D eigenvalue weighted by atomic mass is 10.2. The highest BCUT2D eigenvalue weighted by Gasteiger charge is 2.25. The van der Waals surface area contributed by atoms with Gasteiger partial charge in [-0.2, -0.15) is 0 Å². The maximum absolute atomic E-state index is 13.1. The highest BCUT2D eigenvalue weighted by atomic mass is 32.1. The van der Waals surface area contributed by atoms with E-state index in [4.69, 9.17) is 0 Å². The topological polar surface area (TPSA) is 49.3 Å². The van der Waals surface area contributed by atoms with Crippen molar-refractivity contribution in [1.29, 1.82) is 0 Å². The van der Waals surface area contributed by atoms with Crippen molar-refractivity contribution in [1.82, 2.24) is 19.8 Å². The Labute approximate surface area is 176 Å². The molecule has 0 radical (unpaired) electrons. The maximum Gasteiger partial charge on any atom is 0.265 e. The molecule has 1 amide bonds. The van der Waals surface area contributed by atoms with Crippen LogP contribution in [0.5, 0.6) is 0 Å². The summed E-state index contributed by atoms with van der Waals surface area (Å²) in [7, 11) is 0. The standard InChI is InChI=1S/C23H26N4OS/c1-17-3-5-20(6-4-17)22-25-18(2)21(29-22)23(28)27-15-13-26(14-16-27)12-9-19-7-10-24-11-8-19/h3-8,10-11H,9,12-16H2,1-2H3. The second-order valence-electron chi connectivity index (χ2n) is 7.54. The van der Waals surface area contributed by atoms with Crippen molar-refractivity contribution >= 4 is 17.2 Å². The molecule has 2 aromatic heterocycles. The molecule has 6 heteroatoms. The molecule has 0 spiro atoms. The Morgan fingerprint density at radius 3 is 2.38 bits per heavy atom. The first-order valence-electron chi connectivity index (χ1n) is 10.0. The Balaban J connectivity index is 1.35. The van der Waals surface area contributed by atoms with Crippen molar-refractivity contribution < 1.29 is 4.79 Å². The van der Waals surface area contributed by atoms with Crippen molar-refractivity contribution in [2.45, 2.75) is 20.3 Å². The van der Waals surface area contributed by atoms with Gasteiger partial charge in [0.05, 0.1) is 5.69 Å². The van der Waals surface area contributed by atoms with E-state index in [2.05, 4.69) is 58.2 Å². The van der Waals surface area contributed by atoms with E-state index in [0.717, 1.165) is 60.3 Å². The number of amides is 1. The van der Waals surface area contributed by atoms with Crippen molar-refractivity contribution in [2.75, 3.05) is 32.7 Å². The zero-order chi connectivity index (χ0) is 20.2. The van der Waals surface area contributed by atoms with E-state index in [1.807, 2.05) is 24.2 Å². The first kappa shape index (κ1) is 19.7. The van der Waals surface area contributed by atoms with Gasteiger partial charge in [0.1, 0.15) is 9.88 Å².